The first kappa shape index (κ1) is 26.4. The molecule has 0 atom stereocenters. The minimum Gasteiger partial charge on any atom is -0.493 e. The Hall–Kier alpha value is -5.18. The molecule has 3 heterocycles. The number of benzene rings is 2. The van der Waals surface area contributed by atoms with Crippen molar-refractivity contribution in [1.29, 1.82) is 0 Å². The van der Waals surface area contributed by atoms with Gasteiger partial charge in [0.2, 0.25) is 0 Å². The maximum atomic E-state index is 13.3. The lowest BCUT2D eigenvalue weighted by molar-refractivity contribution is 0.0990. The summed E-state index contributed by atoms with van der Waals surface area (Å²) in [6, 6.07) is 20.2. The molecule has 0 bridgehead atoms. The van der Waals surface area contributed by atoms with E-state index in [2.05, 4.69) is 15.3 Å². The first-order valence-electron chi connectivity index (χ1n) is 12.6. The number of hydrogen-bond donors (Lipinski definition) is 1. The smallest absolute Gasteiger partial charge is 0.263 e. The number of anilines is 1. The fourth-order valence-corrected chi connectivity index (χ4v) is 4.45. The quantitative estimate of drug-likeness (QED) is 0.245. The van der Waals surface area contributed by atoms with Crippen LogP contribution in [-0.2, 0) is 13.0 Å². The monoisotopic (exact) mass is 536 g/mol. The van der Waals surface area contributed by atoms with Crippen LogP contribution in [0.3, 0.4) is 0 Å². The molecule has 0 saturated carbocycles. The second-order valence-electron chi connectivity index (χ2n) is 8.99. The number of ether oxygens (including phenoxy) is 3. The summed E-state index contributed by atoms with van der Waals surface area (Å²) in [5.41, 5.74) is 2.41. The molecule has 5 aromatic rings. The molecule has 0 aliphatic carbocycles. The van der Waals surface area contributed by atoms with E-state index in [-0.39, 0.29) is 23.3 Å². The van der Waals surface area contributed by atoms with Crippen molar-refractivity contribution in [3.63, 3.8) is 0 Å². The number of aromatic nitrogens is 3. The minimum atomic E-state index is -0.350. The van der Waals surface area contributed by atoms with Gasteiger partial charge in [-0.3, -0.25) is 19.6 Å². The molecular weight excluding hydrogens is 508 g/mol. The van der Waals surface area contributed by atoms with Gasteiger partial charge in [0.25, 0.3) is 5.56 Å². The Balaban J connectivity index is 1.36. The van der Waals surface area contributed by atoms with Gasteiger partial charge in [0, 0.05) is 36.6 Å². The van der Waals surface area contributed by atoms with E-state index >= 15 is 0 Å². The standard InChI is InChI=1S/C31H28N4O5/c1-32-24-12-14-35(19-20-7-5-4-6-8-20)31(37)30(24)26(36)15-21-9-10-22(18-34-21)40-27-11-13-33-25-17-29(39-3)28(38-2)16-23(25)27/h4-14,16-18,32H,15,19H2,1-3H3. The van der Waals surface area contributed by atoms with Crippen LogP contribution in [0.5, 0.6) is 23.0 Å². The van der Waals surface area contributed by atoms with Gasteiger partial charge in [-0.25, -0.2) is 0 Å². The lowest BCUT2D eigenvalue weighted by Crippen LogP contribution is -2.28. The van der Waals surface area contributed by atoms with Crippen LogP contribution in [0.2, 0.25) is 0 Å². The van der Waals surface area contributed by atoms with Crippen LogP contribution in [0.15, 0.2) is 90.1 Å². The molecule has 5 rings (SSSR count). The molecule has 0 amide bonds. The van der Waals surface area contributed by atoms with Crippen LogP contribution in [0.25, 0.3) is 10.9 Å². The maximum Gasteiger partial charge on any atom is 0.263 e. The van der Waals surface area contributed by atoms with Crippen molar-refractivity contribution in [3.8, 4) is 23.0 Å². The predicted octanol–water partition coefficient (Wildman–Crippen LogP) is 5.12. The fraction of sp³-hybridized carbons (Fsp3) is 0.161. The number of carbonyl (C=O) groups excluding carboxylic acids is 1. The first-order chi connectivity index (χ1) is 19.5. The number of methoxy groups -OCH3 is 2. The maximum absolute atomic E-state index is 13.3. The van der Waals surface area contributed by atoms with Gasteiger partial charge < -0.3 is 24.1 Å². The number of rotatable bonds is 10. The third-order valence-electron chi connectivity index (χ3n) is 6.48. The zero-order chi connectivity index (χ0) is 28.1. The largest absolute Gasteiger partial charge is 0.493 e. The molecule has 3 aromatic heterocycles. The summed E-state index contributed by atoms with van der Waals surface area (Å²) < 4.78 is 18.4. The normalized spacial score (nSPS) is 10.8. The zero-order valence-electron chi connectivity index (χ0n) is 22.4. The highest BCUT2D eigenvalue weighted by Gasteiger charge is 2.19. The van der Waals surface area contributed by atoms with E-state index in [1.807, 2.05) is 30.3 Å². The highest BCUT2D eigenvalue weighted by molar-refractivity contribution is 6.01. The van der Waals surface area contributed by atoms with Crippen molar-refractivity contribution in [2.45, 2.75) is 13.0 Å². The number of nitrogens with one attached hydrogen (secondary N) is 1. The van der Waals surface area contributed by atoms with Gasteiger partial charge >= 0.3 is 0 Å². The number of fused-ring (bicyclic) bond motifs is 1. The zero-order valence-corrected chi connectivity index (χ0v) is 22.4. The SMILES string of the molecule is CNc1ccn(Cc2ccccc2)c(=O)c1C(=O)Cc1ccc(Oc2ccnc3cc(OC)c(OC)cc23)cn1. The number of hydrogen-bond acceptors (Lipinski definition) is 8. The molecular formula is C31H28N4O5. The van der Waals surface area contributed by atoms with Gasteiger partial charge in [-0.1, -0.05) is 30.3 Å². The molecule has 1 N–H and O–H groups in total. The average Bonchev–Trinajstić information content (AvgIpc) is 2.99. The highest BCUT2D eigenvalue weighted by Crippen LogP contribution is 2.36. The van der Waals surface area contributed by atoms with Crippen LogP contribution in [0.1, 0.15) is 21.6 Å². The summed E-state index contributed by atoms with van der Waals surface area (Å²) in [7, 11) is 4.82. The van der Waals surface area contributed by atoms with Crippen LogP contribution < -0.4 is 25.1 Å². The predicted molar refractivity (Wildman–Crippen MR) is 153 cm³/mol. The molecule has 0 aliphatic rings. The lowest BCUT2D eigenvalue weighted by Gasteiger charge is -2.13. The molecule has 0 fully saturated rings. The van der Waals surface area contributed by atoms with E-state index in [0.717, 1.165) is 10.9 Å². The molecule has 0 aliphatic heterocycles. The summed E-state index contributed by atoms with van der Waals surface area (Å²) in [6.07, 6.45) is 4.85. The van der Waals surface area contributed by atoms with Gasteiger partial charge in [0.05, 0.1) is 44.6 Å². The van der Waals surface area contributed by atoms with Crippen molar-refractivity contribution in [2.75, 3.05) is 26.6 Å². The Bertz CT molecular complexity index is 1720. The summed E-state index contributed by atoms with van der Waals surface area (Å²) in [5, 5.41) is 3.71. The molecule has 0 unspecified atom stereocenters. The number of carbonyl (C=O) groups is 1. The molecule has 0 saturated heterocycles. The van der Waals surface area contributed by atoms with Crippen molar-refractivity contribution in [2.24, 2.45) is 0 Å². The highest BCUT2D eigenvalue weighted by atomic mass is 16.5. The lowest BCUT2D eigenvalue weighted by atomic mass is 10.1. The van der Waals surface area contributed by atoms with Crippen molar-refractivity contribution in [3.05, 3.63) is 112 Å². The molecule has 202 valence electrons. The van der Waals surface area contributed by atoms with E-state index < -0.39 is 0 Å². The van der Waals surface area contributed by atoms with Gasteiger partial charge in [-0.15, -0.1) is 0 Å². The van der Waals surface area contributed by atoms with Gasteiger partial charge in [-0.05, 0) is 35.9 Å². The number of nitrogens with zero attached hydrogens (tertiary/aromatic N) is 3. The third kappa shape index (κ3) is 5.49. The van der Waals surface area contributed by atoms with Crippen molar-refractivity contribution < 1.29 is 19.0 Å². The Morgan fingerprint density at radius 3 is 2.40 bits per heavy atom. The first-order valence-corrected chi connectivity index (χ1v) is 12.6. The summed E-state index contributed by atoms with van der Waals surface area (Å²) in [5.74, 6) is 1.86. The minimum absolute atomic E-state index is 0.0330. The Kier molecular flexibility index (Phi) is 7.72. The molecule has 0 radical (unpaired) electrons. The second-order valence-corrected chi connectivity index (χ2v) is 8.99. The molecule has 40 heavy (non-hydrogen) atoms. The topological polar surface area (TPSA) is 105 Å². The van der Waals surface area contributed by atoms with E-state index in [9.17, 15) is 9.59 Å². The third-order valence-corrected chi connectivity index (χ3v) is 6.48. The second kappa shape index (κ2) is 11.7. The van der Waals surface area contributed by atoms with E-state index in [1.54, 1.807) is 76.3 Å². The van der Waals surface area contributed by atoms with Crippen molar-refractivity contribution >= 4 is 22.4 Å². The van der Waals surface area contributed by atoms with E-state index in [4.69, 9.17) is 14.2 Å². The van der Waals surface area contributed by atoms with Crippen LogP contribution >= 0.6 is 0 Å². The summed E-state index contributed by atoms with van der Waals surface area (Å²) >= 11 is 0. The van der Waals surface area contributed by atoms with Crippen LogP contribution in [0.4, 0.5) is 5.69 Å². The average molecular weight is 537 g/mol. The Morgan fingerprint density at radius 1 is 0.925 bits per heavy atom. The van der Waals surface area contributed by atoms with Crippen LogP contribution in [0, 0.1) is 0 Å². The molecule has 0 spiro atoms. The van der Waals surface area contributed by atoms with E-state index in [0.29, 0.717) is 46.4 Å². The van der Waals surface area contributed by atoms with Gasteiger partial charge in [-0.2, -0.15) is 0 Å². The number of ketones is 1. The Labute approximate surface area is 231 Å². The molecule has 9 nitrogen and oxygen atoms in total. The van der Waals surface area contributed by atoms with Gasteiger partial charge in [0.15, 0.2) is 17.3 Å². The summed E-state index contributed by atoms with van der Waals surface area (Å²) in [4.78, 5) is 35.4. The molecule has 2 aromatic carbocycles. The number of pyridine rings is 3. The van der Waals surface area contributed by atoms with E-state index in [1.165, 1.54) is 4.57 Å². The molecule has 9 heteroatoms. The fourth-order valence-electron chi connectivity index (χ4n) is 4.45. The van der Waals surface area contributed by atoms with Crippen molar-refractivity contribution in [1.82, 2.24) is 14.5 Å². The summed E-state index contributed by atoms with van der Waals surface area (Å²) in [6.45, 7) is 0.372. The van der Waals surface area contributed by atoms with Gasteiger partial charge in [0.1, 0.15) is 17.1 Å². The number of Topliss-reactive ketones (excluding diaryl/α,β-unsaturated/α-hetero) is 1. The van der Waals surface area contributed by atoms with Crippen LogP contribution in [-0.4, -0.2) is 41.6 Å². The Morgan fingerprint density at radius 2 is 1.70 bits per heavy atom.